The van der Waals surface area contributed by atoms with Crippen LogP contribution in [0.4, 0.5) is 10.1 Å². The fraction of sp³-hybridized carbons (Fsp3) is 0.682. The fourth-order valence-corrected chi connectivity index (χ4v) is 4.14. The van der Waals surface area contributed by atoms with Gasteiger partial charge in [0.05, 0.1) is 5.69 Å². The van der Waals surface area contributed by atoms with E-state index in [0.717, 1.165) is 57.3 Å². The summed E-state index contributed by atoms with van der Waals surface area (Å²) in [4.78, 5) is 11.3. The van der Waals surface area contributed by atoms with Gasteiger partial charge >= 0.3 is 0 Å². The van der Waals surface area contributed by atoms with Crippen LogP contribution in [0.2, 0.25) is 0 Å². The maximum absolute atomic E-state index is 14.7. The Morgan fingerprint density at radius 3 is 2.37 bits per heavy atom. The molecule has 1 aromatic rings. The second-order valence-electron chi connectivity index (χ2n) is 7.96. The molecule has 3 rings (SSSR count). The molecule has 0 atom stereocenters. The molecule has 0 unspecified atom stereocenters. The van der Waals surface area contributed by atoms with Gasteiger partial charge in [0.15, 0.2) is 5.96 Å². The first-order chi connectivity index (χ1) is 14.2. The number of aliphatic imine (C=N–C) groups is 1. The molecule has 0 radical (unpaired) electrons. The molecule has 2 N–H and O–H groups in total. The standard InChI is InChI=1S/C22H37FN6.HI/c1-3-27-13-15-29(16-14-27)21-8-7-19(17-20(21)23)18-26-22(24-2)25-9-12-28-10-5-4-6-11-28;/h7-8,17H,3-6,9-16,18H2,1-2H3,(H2,24,25,26);1H. The minimum absolute atomic E-state index is 0. The maximum atomic E-state index is 14.7. The third kappa shape index (κ3) is 7.53. The van der Waals surface area contributed by atoms with Crippen LogP contribution in [0.25, 0.3) is 0 Å². The maximum Gasteiger partial charge on any atom is 0.191 e. The molecule has 2 saturated heterocycles. The zero-order valence-corrected chi connectivity index (χ0v) is 20.8. The van der Waals surface area contributed by atoms with Crippen molar-refractivity contribution in [2.45, 2.75) is 32.7 Å². The van der Waals surface area contributed by atoms with E-state index in [1.54, 1.807) is 13.1 Å². The van der Waals surface area contributed by atoms with Gasteiger partial charge in [0.1, 0.15) is 5.82 Å². The Hall–Kier alpha value is -1.13. The van der Waals surface area contributed by atoms with E-state index in [-0.39, 0.29) is 29.8 Å². The van der Waals surface area contributed by atoms with Crippen LogP contribution < -0.4 is 15.5 Å². The molecule has 2 heterocycles. The van der Waals surface area contributed by atoms with Gasteiger partial charge in [0.25, 0.3) is 0 Å². The lowest BCUT2D eigenvalue weighted by atomic mass is 10.1. The number of anilines is 1. The number of hydrogen-bond acceptors (Lipinski definition) is 4. The van der Waals surface area contributed by atoms with Crippen LogP contribution in [0.5, 0.6) is 0 Å². The van der Waals surface area contributed by atoms with E-state index in [4.69, 9.17) is 0 Å². The summed E-state index contributed by atoms with van der Waals surface area (Å²) in [5, 5.41) is 6.66. The molecule has 0 spiro atoms. The number of likely N-dealkylation sites (N-methyl/N-ethyl adjacent to an activating group) is 1. The molecule has 0 aliphatic carbocycles. The largest absolute Gasteiger partial charge is 0.367 e. The molecule has 2 aliphatic heterocycles. The topological polar surface area (TPSA) is 46.1 Å². The van der Waals surface area contributed by atoms with Crippen molar-refractivity contribution in [1.82, 2.24) is 20.4 Å². The molecule has 8 heteroatoms. The third-order valence-electron chi connectivity index (χ3n) is 6.03. The van der Waals surface area contributed by atoms with Gasteiger partial charge in [-0.3, -0.25) is 4.99 Å². The average Bonchev–Trinajstić information content (AvgIpc) is 2.77. The highest BCUT2D eigenvalue weighted by Gasteiger charge is 2.18. The number of nitrogens with one attached hydrogen (secondary N) is 2. The molecule has 0 saturated carbocycles. The van der Waals surface area contributed by atoms with Crippen molar-refractivity contribution >= 4 is 35.6 Å². The number of halogens is 2. The minimum atomic E-state index is -0.137. The SMILES string of the molecule is CCN1CCN(c2ccc(CNC(=NC)NCCN3CCCCC3)cc2F)CC1.I. The Kier molecular flexibility index (Phi) is 11.2. The lowest BCUT2D eigenvalue weighted by Crippen LogP contribution is -2.46. The van der Waals surface area contributed by atoms with Gasteiger partial charge in [-0.2, -0.15) is 0 Å². The number of rotatable bonds is 7. The molecular weight excluding hydrogens is 494 g/mol. The Bertz CT molecular complexity index is 657. The third-order valence-corrected chi connectivity index (χ3v) is 6.03. The summed E-state index contributed by atoms with van der Waals surface area (Å²) in [7, 11) is 1.77. The van der Waals surface area contributed by atoms with Gasteiger partial charge in [-0.05, 0) is 50.2 Å². The Balaban J connectivity index is 0.00000320. The Labute approximate surface area is 198 Å². The van der Waals surface area contributed by atoms with Crippen molar-refractivity contribution in [2.75, 3.05) is 70.9 Å². The quantitative estimate of drug-likeness (QED) is 0.322. The van der Waals surface area contributed by atoms with E-state index < -0.39 is 0 Å². The molecule has 170 valence electrons. The van der Waals surface area contributed by atoms with Gasteiger partial charge in [-0.15, -0.1) is 24.0 Å². The van der Waals surface area contributed by atoms with Crippen molar-refractivity contribution in [3.63, 3.8) is 0 Å². The van der Waals surface area contributed by atoms with Crippen LogP contribution in [-0.4, -0.2) is 81.7 Å². The first-order valence-corrected chi connectivity index (χ1v) is 11.1. The van der Waals surface area contributed by atoms with Crippen molar-refractivity contribution in [2.24, 2.45) is 4.99 Å². The van der Waals surface area contributed by atoms with E-state index in [2.05, 4.69) is 37.2 Å². The number of likely N-dealkylation sites (tertiary alicyclic amines) is 1. The molecular formula is C22H38FIN6. The zero-order chi connectivity index (χ0) is 20.5. The van der Waals surface area contributed by atoms with Crippen LogP contribution in [0.1, 0.15) is 31.7 Å². The van der Waals surface area contributed by atoms with Gasteiger partial charge in [0.2, 0.25) is 0 Å². The van der Waals surface area contributed by atoms with Crippen LogP contribution in [0.3, 0.4) is 0 Å². The van der Waals surface area contributed by atoms with Crippen LogP contribution >= 0.6 is 24.0 Å². The van der Waals surface area contributed by atoms with Gasteiger partial charge in [-0.1, -0.05) is 19.4 Å². The van der Waals surface area contributed by atoms with E-state index in [0.29, 0.717) is 12.2 Å². The van der Waals surface area contributed by atoms with Crippen LogP contribution in [-0.2, 0) is 6.54 Å². The van der Waals surface area contributed by atoms with E-state index in [1.807, 2.05) is 12.1 Å². The monoisotopic (exact) mass is 532 g/mol. The molecule has 0 amide bonds. The van der Waals surface area contributed by atoms with Crippen molar-refractivity contribution in [3.8, 4) is 0 Å². The Morgan fingerprint density at radius 1 is 1.00 bits per heavy atom. The number of piperazine rings is 1. The highest BCUT2D eigenvalue weighted by atomic mass is 127. The second kappa shape index (κ2) is 13.3. The number of guanidine groups is 1. The lowest BCUT2D eigenvalue weighted by molar-refractivity contribution is 0.232. The normalized spacial score (nSPS) is 18.8. The predicted molar refractivity (Wildman–Crippen MR) is 135 cm³/mol. The molecule has 2 aliphatic rings. The van der Waals surface area contributed by atoms with E-state index >= 15 is 0 Å². The smallest absolute Gasteiger partial charge is 0.191 e. The molecule has 1 aromatic carbocycles. The highest BCUT2D eigenvalue weighted by molar-refractivity contribution is 14.0. The highest BCUT2D eigenvalue weighted by Crippen LogP contribution is 2.22. The lowest BCUT2D eigenvalue weighted by Gasteiger charge is -2.35. The number of nitrogens with zero attached hydrogens (tertiary/aromatic N) is 4. The summed E-state index contributed by atoms with van der Waals surface area (Å²) in [5.74, 6) is 0.629. The van der Waals surface area contributed by atoms with Gasteiger partial charge < -0.3 is 25.3 Å². The molecule has 2 fully saturated rings. The summed E-state index contributed by atoms with van der Waals surface area (Å²) < 4.78 is 14.7. The summed E-state index contributed by atoms with van der Waals surface area (Å²) in [6, 6.07) is 5.58. The van der Waals surface area contributed by atoms with Crippen molar-refractivity contribution in [1.29, 1.82) is 0 Å². The van der Waals surface area contributed by atoms with Crippen molar-refractivity contribution < 1.29 is 4.39 Å². The molecule has 0 bridgehead atoms. The van der Waals surface area contributed by atoms with Crippen LogP contribution in [0.15, 0.2) is 23.2 Å². The average molecular weight is 532 g/mol. The first-order valence-electron chi connectivity index (χ1n) is 11.1. The summed E-state index contributed by atoms with van der Waals surface area (Å²) in [6.07, 6.45) is 3.98. The molecule has 6 nitrogen and oxygen atoms in total. The second-order valence-corrected chi connectivity index (χ2v) is 7.96. The van der Waals surface area contributed by atoms with E-state index in [1.165, 1.54) is 32.4 Å². The minimum Gasteiger partial charge on any atom is -0.367 e. The zero-order valence-electron chi connectivity index (χ0n) is 18.5. The summed E-state index contributed by atoms with van der Waals surface area (Å²) in [6.45, 7) is 11.9. The number of hydrogen-bond donors (Lipinski definition) is 2. The van der Waals surface area contributed by atoms with Crippen molar-refractivity contribution in [3.05, 3.63) is 29.6 Å². The summed E-state index contributed by atoms with van der Waals surface area (Å²) >= 11 is 0. The molecule has 30 heavy (non-hydrogen) atoms. The number of benzene rings is 1. The van der Waals surface area contributed by atoms with Crippen LogP contribution in [0, 0.1) is 5.82 Å². The summed E-state index contributed by atoms with van der Waals surface area (Å²) in [5.41, 5.74) is 1.64. The van der Waals surface area contributed by atoms with Gasteiger partial charge in [-0.25, -0.2) is 4.39 Å². The fourth-order valence-electron chi connectivity index (χ4n) is 4.14. The Morgan fingerprint density at radius 2 is 1.73 bits per heavy atom. The molecule has 0 aromatic heterocycles. The number of piperidine rings is 1. The predicted octanol–water partition coefficient (Wildman–Crippen LogP) is 2.74. The van der Waals surface area contributed by atoms with E-state index in [9.17, 15) is 4.39 Å². The van der Waals surface area contributed by atoms with Gasteiger partial charge in [0, 0.05) is 52.9 Å². The first kappa shape index (κ1) is 25.1.